The van der Waals surface area contributed by atoms with Gasteiger partial charge in [0.05, 0.1) is 0 Å². The van der Waals surface area contributed by atoms with Crippen LogP contribution in [0.4, 0.5) is 0 Å². The Labute approximate surface area is 115 Å². The van der Waals surface area contributed by atoms with E-state index in [2.05, 4.69) is 15.5 Å². The van der Waals surface area contributed by atoms with Crippen LogP contribution in [0.2, 0.25) is 10.0 Å². The summed E-state index contributed by atoms with van der Waals surface area (Å²) in [5, 5.41) is 8.17. The van der Waals surface area contributed by atoms with E-state index in [1.54, 1.807) is 12.1 Å². The number of rotatable bonds is 5. The summed E-state index contributed by atoms with van der Waals surface area (Å²) < 4.78 is 5.13. The Morgan fingerprint density at radius 2 is 2.00 bits per heavy atom. The van der Waals surface area contributed by atoms with Crippen LogP contribution >= 0.6 is 23.2 Å². The van der Waals surface area contributed by atoms with Crippen molar-refractivity contribution in [3.8, 4) is 0 Å². The molecule has 1 heterocycles. The maximum Gasteiger partial charge on any atom is 0.227 e. The maximum atomic E-state index is 6.09. The summed E-state index contributed by atoms with van der Waals surface area (Å²) >= 11 is 12.2. The van der Waals surface area contributed by atoms with Crippen LogP contribution in [0.3, 0.4) is 0 Å². The van der Waals surface area contributed by atoms with E-state index in [9.17, 15) is 0 Å². The predicted octanol–water partition coefficient (Wildman–Crippen LogP) is 2.73. The maximum absolute atomic E-state index is 6.09. The van der Waals surface area contributed by atoms with Gasteiger partial charge in [0.2, 0.25) is 5.89 Å². The fourth-order valence-corrected chi connectivity index (χ4v) is 2.09. The molecule has 0 saturated heterocycles. The number of nitrogens with zero attached hydrogens (tertiary/aromatic N) is 2. The number of nitrogens with one attached hydrogen (secondary N) is 1. The molecular formula is C12H13Cl2N3O. The second kappa shape index (κ2) is 6.18. The van der Waals surface area contributed by atoms with Gasteiger partial charge in [-0.15, -0.1) is 0 Å². The summed E-state index contributed by atoms with van der Waals surface area (Å²) in [4.78, 5) is 4.29. The Kier molecular flexibility index (Phi) is 4.58. The van der Waals surface area contributed by atoms with Crippen molar-refractivity contribution in [3.63, 3.8) is 0 Å². The zero-order valence-electron chi connectivity index (χ0n) is 9.91. The minimum absolute atomic E-state index is 0.474. The molecule has 6 heteroatoms. The van der Waals surface area contributed by atoms with E-state index < -0.39 is 0 Å². The zero-order valence-corrected chi connectivity index (χ0v) is 11.4. The number of likely N-dealkylation sites (N-methyl/N-ethyl adjacent to an activating group) is 1. The molecule has 18 heavy (non-hydrogen) atoms. The molecule has 96 valence electrons. The van der Waals surface area contributed by atoms with E-state index in [1.807, 2.05) is 13.1 Å². The lowest BCUT2D eigenvalue weighted by Gasteiger charge is -2.02. The summed E-state index contributed by atoms with van der Waals surface area (Å²) in [6.07, 6.45) is 1.18. The zero-order chi connectivity index (χ0) is 13.0. The summed E-state index contributed by atoms with van der Waals surface area (Å²) in [6.45, 7) is 0.800. The van der Waals surface area contributed by atoms with Gasteiger partial charge in [-0.3, -0.25) is 0 Å². The molecule has 0 aliphatic rings. The average Bonchev–Trinajstić information content (AvgIpc) is 2.79. The second-order valence-corrected chi connectivity index (χ2v) is 4.65. The minimum atomic E-state index is 0.474. The average molecular weight is 286 g/mol. The van der Waals surface area contributed by atoms with Gasteiger partial charge in [0, 0.05) is 29.4 Å². The van der Waals surface area contributed by atoms with E-state index in [-0.39, 0.29) is 0 Å². The number of hydrogen-bond donors (Lipinski definition) is 1. The van der Waals surface area contributed by atoms with Crippen molar-refractivity contribution in [2.45, 2.75) is 12.8 Å². The first kappa shape index (κ1) is 13.3. The van der Waals surface area contributed by atoms with Gasteiger partial charge in [0.15, 0.2) is 5.82 Å². The van der Waals surface area contributed by atoms with Crippen LogP contribution in [0.15, 0.2) is 22.7 Å². The minimum Gasteiger partial charge on any atom is -0.339 e. The molecule has 0 bridgehead atoms. The highest BCUT2D eigenvalue weighted by atomic mass is 35.5. The first-order valence-electron chi connectivity index (χ1n) is 5.59. The quantitative estimate of drug-likeness (QED) is 0.918. The van der Waals surface area contributed by atoms with Crippen LogP contribution in [0.25, 0.3) is 0 Å². The van der Waals surface area contributed by atoms with E-state index in [1.165, 1.54) is 0 Å². The lowest BCUT2D eigenvalue weighted by Crippen LogP contribution is -2.10. The Morgan fingerprint density at radius 3 is 2.67 bits per heavy atom. The van der Waals surface area contributed by atoms with Crippen LogP contribution in [0.5, 0.6) is 0 Å². The summed E-state index contributed by atoms with van der Waals surface area (Å²) in [6, 6.07) is 5.40. The second-order valence-electron chi connectivity index (χ2n) is 3.83. The van der Waals surface area contributed by atoms with Gasteiger partial charge < -0.3 is 9.84 Å². The van der Waals surface area contributed by atoms with Crippen molar-refractivity contribution in [1.29, 1.82) is 0 Å². The Bertz CT molecular complexity index is 508. The third-order valence-corrected chi connectivity index (χ3v) is 3.20. The molecule has 0 radical (unpaired) electrons. The van der Waals surface area contributed by atoms with Gasteiger partial charge in [-0.1, -0.05) is 34.4 Å². The number of hydrogen-bond acceptors (Lipinski definition) is 4. The molecule has 4 nitrogen and oxygen atoms in total. The number of benzene rings is 1. The molecule has 1 aromatic heterocycles. The van der Waals surface area contributed by atoms with Crippen LogP contribution in [-0.4, -0.2) is 23.7 Å². The molecule has 1 aromatic carbocycles. The lowest BCUT2D eigenvalue weighted by atomic mass is 10.1. The van der Waals surface area contributed by atoms with Crippen LogP contribution in [0, 0.1) is 0 Å². The SMILES string of the molecule is CNCCc1nc(Cc2c(Cl)cccc2Cl)no1. The van der Waals surface area contributed by atoms with Gasteiger partial charge in [-0.25, -0.2) is 0 Å². The van der Waals surface area contributed by atoms with Crippen LogP contribution in [-0.2, 0) is 12.8 Å². The molecule has 2 rings (SSSR count). The van der Waals surface area contributed by atoms with E-state index in [4.69, 9.17) is 27.7 Å². The number of aromatic nitrogens is 2. The molecule has 0 aliphatic heterocycles. The first-order valence-corrected chi connectivity index (χ1v) is 6.35. The summed E-state index contributed by atoms with van der Waals surface area (Å²) in [5.41, 5.74) is 0.821. The molecular weight excluding hydrogens is 273 g/mol. The van der Waals surface area contributed by atoms with Gasteiger partial charge in [0.25, 0.3) is 0 Å². The van der Waals surface area contributed by atoms with Crippen molar-refractivity contribution in [3.05, 3.63) is 45.5 Å². The third-order valence-electron chi connectivity index (χ3n) is 2.50. The molecule has 0 aliphatic carbocycles. The molecule has 2 aromatic rings. The Balaban J connectivity index is 2.11. The van der Waals surface area contributed by atoms with Gasteiger partial charge in [0.1, 0.15) is 0 Å². The molecule has 0 atom stereocenters. The third kappa shape index (κ3) is 3.22. The standard InChI is InChI=1S/C12H13Cl2N3O/c1-15-6-5-12-16-11(17-18-12)7-8-9(13)3-2-4-10(8)14/h2-4,15H,5-7H2,1H3. The van der Waals surface area contributed by atoms with Crippen molar-refractivity contribution >= 4 is 23.2 Å². The van der Waals surface area contributed by atoms with E-state index in [0.717, 1.165) is 12.1 Å². The largest absolute Gasteiger partial charge is 0.339 e. The highest BCUT2D eigenvalue weighted by molar-refractivity contribution is 6.36. The first-order chi connectivity index (χ1) is 8.70. The fourth-order valence-electron chi connectivity index (χ4n) is 1.55. The van der Waals surface area contributed by atoms with Crippen molar-refractivity contribution in [2.24, 2.45) is 0 Å². The Hall–Kier alpha value is -1.10. The van der Waals surface area contributed by atoms with Crippen molar-refractivity contribution in [1.82, 2.24) is 15.5 Å². The predicted molar refractivity (Wildman–Crippen MR) is 71.2 cm³/mol. The smallest absolute Gasteiger partial charge is 0.227 e. The topological polar surface area (TPSA) is 51.0 Å². The highest BCUT2D eigenvalue weighted by Gasteiger charge is 2.11. The molecule has 0 saturated carbocycles. The summed E-state index contributed by atoms with van der Waals surface area (Å²) in [5.74, 6) is 1.21. The fraction of sp³-hybridized carbons (Fsp3) is 0.333. The molecule has 0 spiro atoms. The van der Waals surface area contributed by atoms with Crippen LogP contribution < -0.4 is 5.32 Å². The monoisotopic (exact) mass is 285 g/mol. The lowest BCUT2D eigenvalue weighted by molar-refractivity contribution is 0.372. The Morgan fingerprint density at radius 1 is 1.28 bits per heavy atom. The molecule has 1 N–H and O–H groups in total. The molecule has 0 unspecified atom stereocenters. The van der Waals surface area contributed by atoms with Gasteiger partial charge in [-0.05, 0) is 24.7 Å². The van der Waals surface area contributed by atoms with Gasteiger partial charge in [-0.2, -0.15) is 4.98 Å². The summed E-state index contributed by atoms with van der Waals surface area (Å²) in [7, 11) is 1.88. The molecule has 0 amide bonds. The van der Waals surface area contributed by atoms with E-state index >= 15 is 0 Å². The van der Waals surface area contributed by atoms with E-state index in [0.29, 0.717) is 34.6 Å². The van der Waals surface area contributed by atoms with Crippen molar-refractivity contribution in [2.75, 3.05) is 13.6 Å². The number of halogens is 2. The normalized spacial score (nSPS) is 10.8. The van der Waals surface area contributed by atoms with Crippen LogP contribution in [0.1, 0.15) is 17.3 Å². The highest BCUT2D eigenvalue weighted by Crippen LogP contribution is 2.26. The van der Waals surface area contributed by atoms with Gasteiger partial charge >= 0.3 is 0 Å². The van der Waals surface area contributed by atoms with Crippen molar-refractivity contribution < 1.29 is 4.52 Å². The molecule has 0 fully saturated rings.